The van der Waals surface area contributed by atoms with E-state index in [1.165, 1.54) is 29.6 Å². The van der Waals surface area contributed by atoms with Crippen LogP contribution < -0.4 is 0 Å². The third-order valence-corrected chi connectivity index (χ3v) is 4.77. The molecule has 1 N–H and O–H groups in total. The minimum atomic E-state index is 0.558. The van der Waals surface area contributed by atoms with Crippen molar-refractivity contribution in [2.45, 2.75) is 26.2 Å². The Morgan fingerprint density at radius 2 is 2.15 bits per heavy atom. The van der Waals surface area contributed by atoms with Crippen molar-refractivity contribution >= 4 is 10.9 Å². The zero-order valence-corrected chi connectivity index (χ0v) is 12.7. The molecule has 2 atom stereocenters. The van der Waals surface area contributed by atoms with E-state index in [1.807, 2.05) is 0 Å². The van der Waals surface area contributed by atoms with Gasteiger partial charge in [0.15, 0.2) is 0 Å². The fourth-order valence-electron chi connectivity index (χ4n) is 3.49. The Balaban J connectivity index is 1.89. The lowest BCUT2D eigenvalue weighted by Crippen LogP contribution is -2.34. The van der Waals surface area contributed by atoms with E-state index >= 15 is 0 Å². The topological polar surface area (TPSA) is 19.0 Å². The molecule has 0 saturated carbocycles. The number of likely N-dealkylation sites (tertiary alicyclic amines) is 1. The molecule has 0 aliphatic carbocycles. The Kier molecular flexibility index (Phi) is 3.66. The van der Waals surface area contributed by atoms with E-state index in [1.54, 1.807) is 5.57 Å². The molecule has 1 fully saturated rings. The number of hydrogen-bond acceptors (Lipinski definition) is 1. The van der Waals surface area contributed by atoms with E-state index < -0.39 is 0 Å². The molecule has 2 aromatic rings. The van der Waals surface area contributed by atoms with Crippen LogP contribution in [0.1, 0.15) is 31.9 Å². The first-order valence-corrected chi connectivity index (χ1v) is 7.60. The predicted octanol–water partition coefficient (Wildman–Crippen LogP) is 4.17. The van der Waals surface area contributed by atoms with Gasteiger partial charge < -0.3 is 9.88 Å². The Hall–Kier alpha value is -1.54. The van der Waals surface area contributed by atoms with Gasteiger partial charge in [0.05, 0.1) is 0 Å². The van der Waals surface area contributed by atoms with Crippen LogP contribution in [0.4, 0.5) is 0 Å². The van der Waals surface area contributed by atoms with Gasteiger partial charge >= 0.3 is 0 Å². The quantitative estimate of drug-likeness (QED) is 0.810. The third kappa shape index (κ3) is 2.40. The van der Waals surface area contributed by atoms with E-state index in [0.717, 1.165) is 6.54 Å². The lowest BCUT2D eigenvalue weighted by Gasteiger charge is -2.35. The normalized spacial score (nSPS) is 24.4. The molecule has 1 aromatic carbocycles. The fraction of sp³-hybridized carbons (Fsp3) is 0.444. The SMILES string of the molecule is C/C=C1/CN(C)CCC1C(C)c1cc2ccccc2[nH]1. The number of aromatic amines is 1. The summed E-state index contributed by atoms with van der Waals surface area (Å²) >= 11 is 0. The Labute approximate surface area is 121 Å². The molecule has 1 aliphatic rings. The molecule has 2 nitrogen and oxygen atoms in total. The molecule has 1 saturated heterocycles. The first-order chi connectivity index (χ1) is 9.69. The predicted molar refractivity (Wildman–Crippen MR) is 86.1 cm³/mol. The highest BCUT2D eigenvalue weighted by Gasteiger charge is 2.27. The van der Waals surface area contributed by atoms with Gasteiger partial charge in [-0.3, -0.25) is 0 Å². The number of nitrogens with zero attached hydrogens (tertiary/aromatic N) is 1. The number of aromatic nitrogens is 1. The maximum absolute atomic E-state index is 3.61. The van der Waals surface area contributed by atoms with Crippen LogP contribution in [0.3, 0.4) is 0 Å². The van der Waals surface area contributed by atoms with Crippen LogP contribution in [0.25, 0.3) is 10.9 Å². The average Bonchev–Trinajstić information content (AvgIpc) is 2.90. The highest BCUT2D eigenvalue weighted by Crippen LogP contribution is 2.36. The summed E-state index contributed by atoms with van der Waals surface area (Å²) in [7, 11) is 2.22. The Bertz CT molecular complexity index is 590. The molecular formula is C18H24N2. The van der Waals surface area contributed by atoms with Crippen LogP contribution in [0.15, 0.2) is 42.0 Å². The van der Waals surface area contributed by atoms with Crippen LogP contribution >= 0.6 is 0 Å². The van der Waals surface area contributed by atoms with Gasteiger partial charge in [-0.15, -0.1) is 0 Å². The maximum Gasteiger partial charge on any atom is 0.0456 e. The maximum atomic E-state index is 3.61. The van der Waals surface area contributed by atoms with Gasteiger partial charge in [-0.2, -0.15) is 0 Å². The zero-order chi connectivity index (χ0) is 14.1. The first kappa shape index (κ1) is 13.4. The van der Waals surface area contributed by atoms with Crippen molar-refractivity contribution < 1.29 is 0 Å². The Morgan fingerprint density at radius 1 is 1.35 bits per heavy atom. The minimum absolute atomic E-state index is 0.558. The van der Waals surface area contributed by atoms with Gasteiger partial charge in [-0.25, -0.2) is 0 Å². The molecule has 3 rings (SSSR count). The van der Waals surface area contributed by atoms with Gasteiger partial charge in [0.2, 0.25) is 0 Å². The monoisotopic (exact) mass is 268 g/mol. The molecular weight excluding hydrogens is 244 g/mol. The number of rotatable bonds is 2. The first-order valence-electron chi connectivity index (χ1n) is 7.60. The van der Waals surface area contributed by atoms with Gasteiger partial charge in [0.1, 0.15) is 0 Å². The third-order valence-electron chi connectivity index (χ3n) is 4.77. The van der Waals surface area contributed by atoms with Crippen molar-refractivity contribution in [1.29, 1.82) is 0 Å². The summed E-state index contributed by atoms with van der Waals surface area (Å²) in [5.41, 5.74) is 4.22. The van der Waals surface area contributed by atoms with Gasteiger partial charge in [0, 0.05) is 23.7 Å². The van der Waals surface area contributed by atoms with E-state index in [0.29, 0.717) is 11.8 Å². The fourth-order valence-corrected chi connectivity index (χ4v) is 3.49. The highest BCUT2D eigenvalue weighted by molar-refractivity contribution is 5.80. The summed E-state index contributed by atoms with van der Waals surface area (Å²) in [5, 5.41) is 1.32. The molecule has 1 aromatic heterocycles. The van der Waals surface area contributed by atoms with Crippen molar-refractivity contribution in [1.82, 2.24) is 9.88 Å². The van der Waals surface area contributed by atoms with E-state index in [4.69, 9.17) is 0 Å². The number of H-pyrrole nitrogens is 1. The highest BCUT2D eigenvalue weighted by atomic mass is 15.1. The number of nitrogens with one attached hydrogen (secondary N) is 1. The number of para-hydroxylation sites is 1. The molecule has 0 amide bonds. The molecule has 1 aliphatic heterocycles. The summed E-state index contributed by atoms with van der Waals surface area (Å²) in [6, 6.07) is 10.9. The van der Waals surface area contributed by atoms with E-state index in [9.17, 15) is 0 Å². The smallest absolute Gasteiger partial charge is 0.0456 e. The second-order valence-electron chi connectivity index (χ2n) is 6.10. The van der Waals surface area contributed by atoms with Gasteiger partial charge in [0.25, 0.3) is 0 Å². The summed E-state index contributed by atoms with van der Waals surface area (Å²) in [5.74, 6) is 1.23. The van der Waals surface area contributed by atoms with Crippen molar-refractivity contribution in [3.8, 4) is 0 Å². The largest absolute Gasteiger partial charge is 0.358 e. The number of piperidine rings is 1. The van der Waals surface area contributed by atoms with Crippen LogP contribution in [-0.4, -0.2) is 30.0 Å². The average molecular weight is 268 g/mol. The molecule has 2 heteroatoms. The molecule has 0 bridgehead atoms. The standard InChI is InChI=1S/C18H24N2/c1-4-14-12-20(3)10-9-16(14)13(2)18-11-15-7-5-6-8-17(15)19-18/h4-8,11,13,16,19H,9-10,12H2,1-3H3/b14-4-. The number of benzene rings is 1. The summed E-state index contributed by atoms with van der Waals surface area (Å²) in [6.07, 6.45) is 3.58. The lowest BCUT2D eigenvalue weighted by molar-refractivity contribution is 0.261. The molecule has 2 heterocycles. The molecule has 20 heavy (non-hydrogen) atoms. The second-order valence-corrected chi connectivity index (χ2v) is 6.10. The zero-order valence-electron chi connectivity index (χ0n) is 12.7. The molecule has 106 valence electrons. The summed E-state index contributed by atoms with van der Waals surface area (Å²) in [6.45, 7) is 6.86. The minimum Gasteiger partial charge on any atom is -0.358 e. The van der Waals surface area contributed by atoms with Crippen molar-refractivity contribution in [3.63, 3.8) is 0 Å². The van der Waals surface area contributed by atoms with Crippen molar-refractivity contribution in [2.75, 3.05) is 20.1 Å². The summed E-state index contributed by atoms with van der Waals surface area (Å²) in [4.78, 5) is 6.03. The molecule has 0 radical (unpaired) electrons. The van der Waals surface area contributed by atoms with Crippen molar-refractivity contribution in [2.24, 2.45) is 5.92 Å². The second kappa shape index (κ2) is 5.45. The van der Waals surface area contributed by atoms with Crippen molar-refractivity contribution in [3.05, 3.63) is 47.7 Å². The molecule has 2 unspecified atom stereocenters. The Morgan fingerprint density at radius 3 is 2.90 bits per heavy atom. The van der Waals surface area contributed by atoms with Crippen LogP contribution in [0, 0.1) is 5.92 Å². The van der Waals surface area contributed by atoms with Crippen LogP contribution in [0.5, 0.6) is 0 Å². The van der Waals surface area contributed by atoms with E-state index in [2.05, 4.69) is 67.2 Å². The lowest BCUT2D eigenvalue weighted by atomic mass is 9.80. The number of hydrogen-bond donors (Lipinski definition) is 1. The van der Waals surface area contributed by atoms with Crippen LogP contribution in [0.2, 0.25) is 0 Å². The molecule has 0 spiro atoms. The van der Waals surface area contributed by atoms with E-state index in [-0.39, 0.29) is 0 Å². The number of allylic oxidation sites excluding steroid dienone is 1. The number of likely N-dealkylation sites (N-methyl/N-ethyl adjacent to an activating group) is 1. The number of fused-ring (bicyclic) bond motifs is 1. The van der Waals surface area contributed by atoms with Gasteiger partial charge in [-0.05, 0) is 50.4 Å². The summed E-state index contributed by atoms with van der Waals surface area (Å²) < 4.78 is 0. The van der Waals surface area contributed by atoms with Gasteiger partial charge in [-0.1, -0.05) is 36.8 Å². The van der Waals surface area contributed by atoms with Crippen LogP contribution in [-0.2, 0) is 0 Å².